The van der Waals surface area contributed by atoms with Gasteiger partial charge in [0, 0.05) is 10.0 Å². The first-order chi connectivity index (χ1) is 14.2. The van der Waals surface area contributed by atoms with E-state index in [1.165, 1.54) is 0 Å². The molecule has 3 aromatic rings. The quantitative estimate of drug-likeness (QED) is 0.364. The van der Waals surface area contributed by atoms with Crippen LogP contribution in [0.5, 0.6) is 17.2 Å². The molecule has 0 heterocycles. The Labute approximate surface area is 193 Å². The fraction of sp³-hybridized carbons (Fsp3) is 0.250. The molecule has 0 aliphatic rings. The number of benzene rings is 3. The molecular formula is C24H27Cl3O3. The van der Waals surface area contributed by atoms with Gasteiger partial charge < -0.3 is 15.3 Å². The summed E-state index contributed by atoms with van der Waals surface area (Å²) < 4.78 is 0. The zero-order chi connectivity index (χ0) is 22.7. The highest BCUT2D eigenvalue weighted by Gasteiger charge is 2.01. The second kappa shape index (κ2) is 13.3. The summed E-state index contributed by atoms with van der Waals surface area (Å²) in [6.07, 6.45) is 2.76. The monoisotopic (exact) mass is 468 g/mol. The maximum absolute atomic E-state index is 9.31. The number of aromatic hydroxyl groups is 3. The smallest absolute Gasteiger partial charge is 0.134 e. The lowest BCUT2D eigenvalue weighted by Crippen LogP contribution is -1.83. The molecule has 3 rings (SSSR count). The first-order valence-corrected chi connectivity index (χ1v) is 10.7. The molecular weight excluding hydrogens is 443 g/mol. The van der Waals surface area contributed by atoms with Gasteiger partial charge >= 0.3 is 0 Å². The molecule has 0 saturated heterocycles. The van der Waals surface area contributed by atoms with E-state index >= 15 is 0 Å². The molecule has 162 valence electrons. The van der Waals surface area contributed by atoms with Gasteiger partial charge in [0.15, 0.2) is 0 Å². The van der Waals surface area contributed by atoms with Crippen molar-refractivity contribution in [3.05, 3.63) is 86.4 Å². The zero-order valence-corrected chi connectivity index (χ0v) is 19.6. The summed E-state index contributed by atoms with van der Waals surface area (Å²) in [4.78, 5) is 0. The summed E-state index contributed by atoms with van der Waals surface area (Å²) in [5.41, 5.74) is 2.73. The molecule has 0 aromatic heterocycles. The van der Waals surface area contributed by atoms with Crippen LogP contribution in [0.2, 0.25) is 15.1 Å². The predicted octanol–water partition coefficient (Wildman–Crippen LogP) is 7.96. The molecule has 3 aromatic carbocycles. The number of aryl methyl sites for hydroxylation is 3. The van der Waals surface area contributed by atoms with E-state index in [9.17, 15) is 5.11 Å². The van der Waals surface area contributed by atoms with E-state index in [-0.39, 0.29) is 5.75 Å². The summed E-state index contributed by atoms with van der Waals surface area (Å²) in [5, 5.41) is 29.2. The highest BCUT2D eigenvalue weighted by Crippen LogP contribution is 2.26. The Balaban J connectivity index is 0.000000226. The van der Waals surface area contributed by atoms with Crippen LogP contribution in [0.25, 0.3) is 0 Å². The Morgan fingerprint density at radius 3 is 1.80 bits per heavy atom. The molecule has 0 spiro atoms. The van der Waals surface area contributed by atoms with Crippen LogP contribution in [0, 0.1) is 6.92 Å². The van der Waals surface area contributed by atoms with Crippen LogP contribution in [0.15, 0.2) is 54.6 Å². The number of phenols is 3. The lowest BCUT2D eigenvalue weighted by Gasteiger charge is -2.01. The molecule has 0 aliphatic carbocycles. The van der Waals surface area contributed by atoms with Gasteiger partial charge in [-0.1, -0.05) is 67.2 Å². The summed E-state index contributed by atoms with van der Waals surface area (Å²) >= 11 is 17.1. The minimum absolute atomic E-state index is 0.168. The maximum atomic E-state index is 9.31. The van der Waals surface area contributed by atoms with Crippen molar-refractivity contribution in [1.82, 2.24) is 0 Å². The first-order valence-electron chi connectivity index (χ1n) is 9.58. The average Bonchev–Trinajstić information content (AvgIpc) is 2.71. The molecule has 0 atom stereocenters. The van der Waals surface area contributed by atoms with Crippen molar-refractivity contribution < 1.29 is 15.3 Å². The number of phenolic OH excluding ortho intramolecular Hbond substituents is 3. The molecule has 3 nitrogen and oxygen atoms in total. The van der Waals surface area contributed by atoms with Crippen molar-refractivity contribution in [1.29, 1.82) is 0 Å². The van der Waals surface area contributed by atoms with Gasteiger partial charge in [-0.15, -0.1) is 0 Å². The molecule has 0 radical (unpaired) electrons. The van der Waals surface area contributed by atoms with Crippen LogP contribution < -0.4 is 0 Å². The van der Waals surface area contributed by atoms with Crippen LogP contribution in [0.1, 0.15) is 37.0 Å². The summed E-state index contributed by atoms with van der Waals surface area (Å²) in [6, 6.07) is 15.4. The lowest BCUT2D eigenvalue weighted by molar-refractivity contribution is 0.467. The molecule has 0 fully saturated rings. The van der Waals surface area contributed by atoms with E-state index in [1.54, 1.807) is 55.5 Å². The lowest BCUT2D eigenvalue weighted by atomic mass is 10.1. The van der Waals surface area contributed by atoms with Gasteiger partial charge in [-0.25, -0.2) is 0 Å². The van der Waals surface area contributed by atoms with Gasteiger partial charge in [0.25, 0.3) is 0 Å². The van der Waals surface area contributed by atoms with Crippen molar-refractivity contribution in [3.63, 3.8) is 0 Å². The topological polar surface area (TPSA) is 60.7 Å². The summed E-state index contributed by atoms with van der Waals surface area (Å²) in [6.45, 7) is 5.88. The third kappa shape index (κ3) is 8.74. The minimum Gasteiger partial charge on any atom is -0.508 e. The van der Waals surface area contributed by atoms with Crippen LogP contribution in [-0.4, -0.2) is 15.3 Å². The van der Waals surface area contributed by atoms with E-state index in [1.807, 2.05) is 13.0 Å². The molecule has 0 bridgehead atoms. The van der Waals surface area contributed by atoms with Crippen molar-refractivity contribution in [2.24, 2.45) is 0 Å². The van der Waals surface area contributed by atoms with E-state index < -0.39 is 0 Å². The number of hydrogen-bond donors (Lipinski definition) is 3. The van der Waals surface area contributed by atoms with E-state index in [4.69, 9.17) is 45.0 Å². The summed E-state index contributed by atoms with van der Waals surface area (Å²) in [7, 11) is 0. The highest BCUT2D eigenvalue weighted by atomic mass is 35.5. The predicted molar refractivity (Wildman–Crippen MR) is 127 cm³/mol. The van der Waals surface area contributed by atoms with Crippen molar-refractivity contribution in [2.75, 3.05) is 0 Å². The van der Waals surface area contributed by atoms with Gasteiger partial charge in [0.2, 0.25) is 0 Å². The molecule has 3 N–H and O–H groups in total. The fourth-order valence-corrected chi connectivity index (χ4v) is 3.16. The second-order valence-corrected chi connectivity index (χ2v) is 7.81. The SMILES string of the molecule is CCCc1cc(Cl)ccc1O.CCc1cccc(O)c1Cl.Cc1cc(Cl)ccc1O. The van der Waals surface area contributed by atoms with Crippen LogP contribution >= 0.6 is 34.8 Å². The minimum atomic E-state index is 0.168. The Kier molecular flexibility index (Phi) is 11.5. The van der Waals surface area contributed by atoms with Crippen molar-refractivity contribution in [3.8, 4) is 17.2 Å². The van der Waals surface area contributed by atoms with Crippen LogP contribution in [0.3, 0.4) is 0 Å². The molecule has 30 heavy (non-hydrogen) atoms. The zero-order valence-electron chi connectivity index (χ0n) is 17.3. The third-order valence-corrected chi connectivity index (χ3v) is 5.07. The fourth-order valence-electron chi connectivity index (χ4n) is 2.48. The normalized spacial score (nSPS) is 9.80. The number of halogens is 3. The average molecular weight is 470 g/mol. The van der Waals surface area contributed by atoms with Crippen molar-refractivity contribution >= 4 is 34.8 Å². The largest absolute Gasteiger partial charge is 0.508 e. The van der Waals surface area contributed by atoms with Gasteiger partial charge in [0.1, 0.15) is 17.2 Å². The molecule has 0 amide bonds. The van der Waals surface area contributed by atoms with Gasteiger partial charge in [0.05, 0.1) is 5.02 Å². The number of rotatable bonds is 3. The maximum Gasteiger partial charge on any atom is 0.134 e. The van der Waals surface area contributed by atoms with Crippen molar-refractivity contribution in [2.45, 2.75) is 40.0 Å². The van der Waals surface area contributed by atoms with Crippen LogP contribution in [0.4, 0.5) is 0 Å². The van der Waals surface area contributed by atoms with Gasteiger partial charge in [-0.2, -0.15) is 0 Å². The van der Waals surface area contributed by atoms with Crippen LogP contribution in [-0.2, 0) is 12.8 Å². The molecule has 0 saturated carbocycles. The Bertz CT molecular complexity index is 943. The van der Waals surface area contributed by atoms with E-state index in [0.717, 1.165) is 36.0 Å². The van der Waals surface area contributed by atoms with E-state index in [0.29, 0.717) is 26.6 Å². The Hall–Kier alpha value is -2.07. The first kappa shape index (κ1) is 26.0. The standard InChI is InChI=1S/C9H11ClO.C8H9ClO.C7H7ClO/c1-2-3-7-6-8(10)4-5-9(7)11;1-2-6-4-3-5-7(10)8(6)9;1-5-4-6(8)2-3-7(5)9/h4-6,11H,2-3H2,1H3;3-5,10H,2H2,1H3;2-4,9H,1H3. The highest BCUT2D eigenvalue weighted by molar-refractivity contribution is 6.32. The molecule has 0 aliphatic heterocycles. The van der Waals surface area contributed by atoms with Gasteiger partial charge in [-0.3, -0.25) is 0 Å². The number of hydrogen-bond acceptors (Lipinski definition) is 3. The Morgan fingerprint density at radius 1 is 0.700 bits per heavy atom. The third-order valence-electron chi connectivity index (χ3n) is 4.16. The molecule has 6 heteroatoms. The Morgan fingerprint density at radius 2 is 1.30 bits per heavy atom. The summed E-state index contributed by atoms with van der Waals surface area (Å²) in [5.74, 6) is 0.802. The van der Waals surface area contributed by atoms with E-state index in [2.05, 4.69) is 6.92 Å². The van der Waals surface area contributed by atoms with Gasteiger partial charge in [-0.05, 0) is 78.9 Å². The second-order valence-electron chi connectivity index (χ2n) is 6.56. The molecule has 0 unspecified atom stereocenters.